The first-order chi connectivity index (χ1) is 7.56. The van der Waals surface area contributed by atoms with Gasteiger partial charge in [0.15, 0.2) is 0 Å². The van der Waals surface area contributed by atoms with Crippen LogP contribution in [-0.2, 0) is 11.4 Å². The summed E-state index contributed by atoms with van der Waals surface area (Å²) >= 11 is 1.31. The van der Waals surface area contributed by atoms with E-state index < -0.39 is 12.2 Å². The van der Waals surface area contributed by atoms with Crippen LogP contribution in [-0.4, -0.2) is 33.9 Å². The van der Waals surface area contributed by atoms with Crippen LogP contribution in [0.3, 0.4) is 0 Å². The van der Waals surface area contributed by atoms with E-state index in [-0.39, 0.29) is 19.1 Å². The zero-order valence-corrected chi connectivity index (χ0v) is 9.70. The average molecular weight is 245 g/mol. The topological polar surface area (TPSA) is 89.8 Å². The molecule has 1 amide bonds. The second-order valence-corrected chi connectivity index (χ2v) is 4.41. The summed E-state index contributed by atoms with van der Waals surface area (Å²) in [4.78, 5) is 11.3. The molecule has 0 aliphatic heterocycles. The summed E-state index contributed by atoms with van der Waals surface area (Å²) in [6.45, 7) is 1.15. The van der Waals surface area contributed by atoms with Crippen LogP contribution in [0.1, 0.15) is 23.5 Å². The van der Waals surface area contributed by atoms with Gasteiger partial charge in [-0.05, 0) is 17.0 Å². The number of nitrogens with one attached hydrogen (secondary N) is 1. The Hall–Kier alpha value is -0.950. The smallest absolute Gasteiger partial charge is 0.216 e. The Kier molecular flexibility index (Phi) is 4.88. The van der Waals surface area contributed by atoms with Crippen LogP contribution in [0.5, 0.6) is 0 Å². The summed E-state index contributed by atoms with van der Waals surface area (Å²) in [6, 6.07) is 1.65. The zero-order valence-electron chi connectivity index (χ0n) is 8.88. The van der Waals surface area contributed by atoms with E-state index in [2.05, 4.69) is 5.32 Å². The van der Waals surface area contributed by atoms with Crippen molar-refractivity contribution in [1.29, 1.82) is 0 Å². The van der Waals surface area contributed by atoms with Gasteiger partial charge >= 0.3 is 0 Å². The number of carbonyl (C=O) groups excluding carboxylic acids is 1. The van der Waals surface area contributed by atoms with Gasteiger partial charge in [0.1, 0.15) is 12.2 Å². The van der Waals surface area contributed by atoms with Crippen molar-refractivity contribution >= 4 is 17.2 Å². The molecule has 0 bridgehead atoms. The van der Waals surface area contributed by atoms with Gasteiger partial charge in [0.25, 0.3) is 0 Å². The molecule has 2 unspecified atom stereocenters. The minimum absolute atomic E-state index is 0.0167. The minimum Gasteiger partial charge on any atom is -0.391 e. The lowest BCUT2D eigenvalue weighted by atomic mass is 10.1. The first-order valence-corrected chi connectivity index (χ1v) is 5.72. The van der Waals surface area contributed by atoms with Gasteiger partial charge in [0.2, 0.25) is 5.91 Å². The second kappa shape index (κ2) is 5.95. The molecule has 0 aliphatic carbocycles. The van der Waals surface area contributed by atoms with Gasteiger partial charge in [0.05, 0.1) is 6.61 Å². The first kappa shape index (κ1) is 13.1. The van der Waals surface area contributed by atoms with Gasteiger partial charge in [-0.2, -0.15) is 0 Å². The highest BCUT2D eigenvalue weighted by molar-refractivity contribution is 7.10. The first-order valence-electron chi connectivity index (χ1n) is 4.84. The third-order valence-electron chi connectivity index (χ3n) is 2.17. The lowest BCUT2D eigenvalue weighted by Crippen LogP contribution is -2.34. The van der Waals surface area contributed by atoms with Crippen molar-refractivity contribution in [2.24, 2.45) is 0 Å². The Morgan fingerprint density at radius 1 is 1.56 bits per heavy atom. The molecule has 0 aromatic carbocycles. The second-order valence-electron chi connectivity index (χ2n) is 3.41. The molecule has 16 heavy (non-hydrogen) atoms. The quantitative estimate of drug-likeness (QED) is 0.577. The largest absolute Gasteiger partial charge is 0.391 e. The number of rotatable bonds is 5. The van der Waals surface area contributed by atoms with Crippen LogP contribution in [0.25, 0.3) is 0 Å². The Morgan fingerprint density at radius 3 is 2.81 bits per heavy atom. The zero-order chi connectivity index (χ0) is 12.1. The van der Waals surface area contributed by atoms with Crippen LogP contribution in [0.15, 0.2) is 11.4 Å². The number of hydrogen-bond donors (Lipinski definition) is 4. The average Bonchev–Trinajstić information content (AvgIpc) is 2.72. The Labute approximate surface area is 97.4 Å². The number of amides is 1. The van der Waals surface area contributed by atoms with Gasteiger partial charge in [0, 0.05) is 18.3 Å². The number of thiophene rings is 1. The minimum atomic E-state index is -1.10. The fourth-order valence-electron chi connectivity index (χ4n) is 1.31. The van der Waals surface area contributed by atoms with Crippen molar-refractivity contribution in [1.82, 2.24) is 5.32 Å². The standard InChI is InChI=1S/C10H15NO4S/c1-6(13)11-4-8(14)10(15)7-2-3-16-9(7)5-12/h2-3,8,10,12,14-15H,4-5H2,1H3,(H,11,13). The molecule has 4 N–H and O–H groups in total. The predicted octanol–water partition coefficient (Wildman–Crippen LogP) is -0.229. The van der Waals surface area contributed by atoms with E-state index >= 15 is 0 Å². The molecule has 5 nitrogen and oxygen atoms in total. The molecule has 1 aromatic heterocycles. The van der Waals surface area contributed by atoms with Crippen molar-refractivity contribution in [3.05, 3.63) is 21.9 Å². The van der Waals surface area contributed by atoms with Crippen LogP contribution in [0.2, 0.25) is 0 Å². The molecule has 2 atom stereocenters. The van der Waals surface area contributed by atoms with E-state index in [4.69, 9.17) is 5.11 Å². The molecular formula is C10H15NO4S. The van der Waals surface area contributed by atoms with Crippen LogP contribution >= 0.6 is 11.3 Å². The highest BCUT2D eigenvalue weighted by Crippen LogP contribution is 2.25. The third kappa shape index (κ3) is 3.28. The highest BCUT2D eigenvalue weighted by Gasteiger charge is 2.21. The molecule has 0 aliphatic rings. The lowest BCUT2D eigenvalue weighted by Gasteiger charge is -2.18. The summed E-state index contributed by atoms with van der Waals surface area (Å²) in [6.07, 6.45) is -2.18. The fraction of sp³-hybridized carbons (Fsp3) is 0.500. The van der Waals surface area contributed by atoms with Crippen LogP contribution in [0, 0.1) is 0 Å². The third-order valence-corrected chi connectivity index (χ3v) is 3.09. The van der Waals surface area contributed by atoms with Crippen molar-refractivity contribution in [2.45, 2.75) is 25.7 Å². The molecule has 90 valence electrons. The normalized spacial score (nSPS) is 14.5. The van der Waals surface area contributed by atoms with Gasteiger partial charge in [-0.1, -0.05) is 0 Å². The molecule has 0 fully saturated rings. The number of hydrogen-bond acceptors (Lipinski definition) is 5. The van der Waals surface area contributed by atoms with E-state index in [0.29, 0.717) is 10.4 Å². The number of aliphatic hydroxyl groups is 3. The van der Waals surface area contributed by atoms with Crippen LogP contribution < -0.4 is 5.32 Å². The van der Waals surface area contributed by atoms with E-state index in [1.807, 2.05) is 0 Å². The van der Waals surface area contributed by atoms with Crippen molar-refractivity contribution in [3.63, 3.8) is 0 Å². The van der Waals surface area contributed by atoms with Gasteiger partial charge in [-0.25, -0.2) is 0 Å². The predicted molar refractivity (Wildman–Crippen MR) is 59.9 cm³/mol. The lowest BCUT2D eigenvalue weighted by molar-refractivity contribution is -0.119. The van der Waals surface area contributed by atoms with E-state index in [1.165, 1.54) is 18.3 Å². The maximum absolute atomic E-state index is 10.6. The highest BCUT2D eigenvalue weighted by atomic mass is 32.1. The van der Waals surface area contributed by atoms with E-state index in [0.717, 1.165) is 0 Å². The Balaban J connectivity index is 2.62. The van der Waals surface area contributed by atoms with Gasteiger partial charge < -0.3 is 20.6 Å². The summed E-state index contributed by atoms with van der Waals surface area (Å²) in [5.74, 6) is -0.265. The Bertz CT molecular complexity index is 352. The maximum Gasteiger partial charge on any atom is 0.216 e. The van der Waals surface area contributed by atoms with Gasteiger partial charge in [-0.15, -0.1) is 11.3 Å². The maximum atomic E-state index is 10.6. The van der Waals surface area contributed by atoms with Crippen LogP contribution in [0.4, 0.5) is 0 Å². The molecular weight excluding hydrogens is 230 g/mol. The molecule has 1 rings (SSSR count). The summed E-state index contributed by atoms with van der Waals surface area (Å²) in [7, 11) is 0. The Morgan fingerprint density at radius 2 is 2.25 bits per heavy atom. The monoisotopic (exact) mass is 245 g/mol. The van der Waals surface area contributed by atoms with E-state index in [9.17, 15) is 15.0 Å². The van der Waals surface area contributed by atoms with Gasteiger partial charge in [-0.3, -0.25) is 4.79 Å². The number of carbonyl (C=O) groups is 1. The van der Waals surface area contributed by atoms with Crippen molar-refractivity contribution in [2.75, 3.05) is 6.54 Å². The molecule has 0 saturated heterocycles. The van der Waals surface area contributed by atoms with E-state index in [1.54, 1.807) is 11.4 Å². The fourth-order valence-corrected chi connectivity index (χ4v) is 2.09. The summed E-state index contributed by atoms with van der Waals surface area (Å²) in [5, 5.41) is 32.6. The molecule has 0 spiro atoms. The molecule has 0 radical (unpaired) electrons. The molecule has 1 heterocycles. The van der Waals surface area contributed by atoms with Crippen molar-refractivity contribution in [3.8, 4) is 0 Å². The molecule has 1 aromatic rings. The van der Waals surface area contributed by atoms with Crippen molar-refractivity contribution < 1.29 is 20.1 Å². The molecule has 0 saturated carbocycles. The summed E-state index contributed by atoms with van der Waals surface area (Å²) in [5.41, 5.74) is 0.505. The number of aliphatic hydroxyl groups excluding tert-OH is 3. The SMILES string of the molecule is CC(=O)NCC(O)C(O)c1ccsc1CO. The molecule has 6 heteroatoms. The summed E-state index contributed by atoms with van der Waals surface area (Å²) < 4.78 is 0.